The van der Waals surface area contributed by atoms with Crippen molar-refractivity contribution < 1.29 is 9.53 Å². The summed E-state index contributed by atoms with van der Waals surface area (Å²) in [7, 11) is 2.24. The average molecular weight is 409 g/mol. The minimum Gasteiger partial charge on any atom is -0.496 e. The van der Waals surface area contributed by atoms with Gasteiger partial charge in [0, 0.05) is 38.5 Å². The van der Waals surface area contributed by atoms with E-state index in [0.717, 1.165) is 60.2 Å². The number of ether oxygens (including phenoxy) is 1. The van der Waals surface area contributed by atoms with Crippen molar-refractivity contribution in [2.75, 3.05) is 33.3 Å². The summed E-state index contributed by atoms with van der Waals surface area (Å²) >= 11 is 0. The molecule has 4 heterocycles. The van der Waals surface area contributed by atoms with Crippen molar-refractivity contribution >= 4 is 19.8 Å². The highest BCUT2D eigenvalue weighted by atomic mass is 31.1. The Morgan fingerprint density at radius 1 is 1.14 bits per heavy atom. The van der Waals surface area contributed by atoms with E-state index in [0.29, 0.717) is 8.58 Å². The molecule has 4 unspecified atom stereocenters. The quantitative estimate of drug-likeness (QED) is 0.779. The number of benzene rings is 1. The maximum Gasteiger partial charge on any atom is 0.252 e. The maximum absolute atomic E-state index is 13.1. The zero-order valence-corrected chi connectivity index (χ0v) is 18.2. The largest absolute Gasteiger partial charge is 0.496 e. The van der Waals surface area contributed by atoms with E-state index >= 15 is 0 Å². The van der Waals surface area contributed by atoms with Crippen molar-refractivity contribution in [3.63, 3.8) is 0 Å². The topological polar surface area (TPSA) is 44.8 Å². The molecule has 1 aromatic carbocycles. The first-order valence-electron chi connectivity index (χ1n) is 10.3. The van der Waals surface area contributed by atoms with Crippen molar-refractivity contribution in [1.82, 2.24) is 15.1 Å². The lowest BCUT2D eigenvalue weighted by atomic mass is 10.0. The van der Waals surface area contributed by atoms with E-state index in [4.69, 9.17) is 4.74 Å². The summed E-state index contributed by atoms with van der Waals surface area (Å²) in [6, 6.07) is 6.18. The third kappa shape index (κ3) is 3.31. The molecule has 0 spiro atoms. The van der Waals surface area contributed by atoms with Crippen molar-refractivity contribution in [2.24, 2.45) is 11.8 Å². The average Bonchev–Trinajstić information content (AvgIpc) is 3.30. The number of carbonyl (C=O) groups excluding carboxylic acids is 1. The van der Waals surface area contributed by atoms with Gasteiger partial charge in [-0.25, -0.2) is 0 Å². The molecule has 4 aliphatic rings. The van der Waals surface area contributed by atoms with Gasteiger partial charge in [0.15, 0.2) is 0 Å². The zero-order chi connectivity index (χ0) is 20.1. The van der Waals surface area contributed by atoms with E-state index in [2.05, 4.69) is 41.5 Å². The minimum absolute atomic E-state index is 0.0863. The highest BCUT2D eigenvalue weighted by molar-refractivity contribution is 7.51. The van der Waals surface area contributed by atoms with Crippen molar-refractivity contribution in [3.05, 3.63) is 58.9 Å². The SMILES string of the molecule is COc1ccc(C2=CC(=O)N3C=C(N4CC5CNCC5C4)C=C(C)C3P2)cc1C. The standard InChI is InChI=1S/C23H28N3O2P/c1-14-6-16(4-5-20(14)28-3)21-8-22(27)26-13-19(7-15(2)23(26)29-21)25-11-17-9-24-10-18(17)12-25/h4-8,13,17-18,23-24,29H,9-12H2,1-3H3. The molecule has 0 radical (unpaired) electrons. The smallest absolute Gasteiger partial charge is 0.252 e. The molecular weight excluding hydrogens is 381 g/mol. The molecule has 152 valence electrons. The van der Waals surface area contributed by atoms with Crippen LogP contribution in [-0.4, -0.2) is 54.8 Å². The van der Waals surface area contributed by atoms with E-state index in [1.165, 1.54) is 11.3 Å². The van der Waals surface area contributed by atoms with Crippen LogP contribution in [0.25, 0.3) is 5.31 Å². The number of likely N-dealkylation sites (tertiary alicyclic amines) is 1. The molecule has 0 bridgehead atoms. The molecule has 5 nitrogen and oxygen atoms in total. The van der Waals surface area contributed by atoms with Crippen LogP contribution < -0.4 is 10.1 Å². The summed E-state index contributed by atoms with van der Waals surface area (Å²) in [5.74, 6) is 2.59. The number of methoxy groups -OCH3 is 1. The van der Waals surface area contributed by atoms with Crippen LogP contribution in [0, 0.1) is 18.8 Å². The fraction of sp³-hybridized carbons (Fsp3) is 0.435. The summed E-state index contributed by atoms with van der Waals surface area (Å²) < 4.78 is 5.38. The number of amides is 1. The van der Waals surface area contributed by atoms with Gasteiger partial charge in [-0.2, -0.15) is 0 Å². The molecule has 1 N–H and O–H groups in total. The first kappa shape index (κ1) is 18.9. The molecule has 29 heavy (non-hydrogen) atoms. The number of allylic oxidation sites excluding steroid dienone is 1. The van der Waals surface area contributed by atoms with Gasteiger partial charge < -0.3 is 19.9 Å². The number of nitrogens with one attached hydrogen (secondary N) is 1. The van der Waals surface area contributed by atoms with E-state index in [-0.39, 0.29) is 11.7 Å². The lowest BCUT2D eigenvalue weighted by Crippen LogP contribution is -2.39. The van der Waals surface area contributed by atoms with Crippen LogP contribution in [0.15, 0.2) is 47.8 Å². The summed E-state index contributed by atoms with van der Waals surface area (Å²) in [5, 5.41) is 4.63. The van der Waals surface area contributed by atoms with Crippen LogP contribution in [0.3, 0.4) is 0 Å². The van der Waals surface area contributed by atoms with Gasteiger partial charge in [0.2, 0.25) is 0 Å². The lowest BCUT2D eigenvalue weighted by Gasteiger charge is -2.38. The molecule has 4 aliphatic heterocycles. The molecule has 0 aliphatic carbocycles. The fourth-order valence-electron chi connectivity index (χ4n) is 5.00. The Balaban J connectivity index is 1.40. The van der Waals surface area contributed by atoms with Crippen LogP contribution in [0.2, 0.25) is 0 Å². The van der Waals surface area contributed by atoms with Gasteiger partial charge in [0.1, 0.15) is 5.75 Å². The van der Waals surface area contributed by atoms with Gasteiger partial charge in [-0.3, -0.25) is 4.79 Å². The molecule has 6 heteroatoms. The molecule has 4 atom stereocenters. The Morgan fingerprint density at radius 2 is 1.90 bits per heavy atom. The van der Waals surface area contributed by atoms with Gasteiger partial charge in [0.05, 0.1) is 18.6 Å². The number of carbonyl (C=O) groups is 1. The van der Waals surface area contributed by atoms with Gasteiger partial charge >= 0.3 is 0 Å². The van der Waals surface area contributed by atoms with E-state index < -0.39 is 0 Å². The monoisotopic (exact) mass is 409 g/mol. The second kappa shape index (κ2) is 7.30. The Morgan fingerprint density at radius 3 is 2.59 bits per heavy atom. The summed E-state index contributed by atoms with van der Waals surface area (Å²) in [5.41, 5.74) is 4.69. The second-order valence-corrected chi connectivity index (χ2v) is 9.93. The van der Waals surface area contributed by atoms with Crippen LogP contribution in [0.5, 0.6) is 5.75 Å². The number of aryl methyl sites for hydroxylation is 1. The Hall–Kier alpha value is -2.10. The minimum atomic E-state index is 0.0863. The fourth-order valence-corrected chi connectivity index (χ4v) is 6.47. The Kier molecular flexibility index (Phi) is 4.76. The molecule has 0 aromatic heterocycles. The number of hydrogen-bond donors (Lipinski definition) is 1. The normalized spacial score (nSPS) is 29.4. The number of hydrogen-bond acceptors (Lipinski definition) is 4. The van der Waals surface area contributed by atoms with Crippen molar-refractivity contribution in [1.29, 1.82) is 0 Å². The van der Waals surface area contributed by atoms with Crippen LogP contribution in [0.4, 0.5) is 0 Å². The summed E-state index contributed by atoms with van der Waals surface area (Å²) in [6.07, 6.45) is 6.22. The van der Waals surface area contributed by atoms with Crippen molar-refractivity contribution in [3.8, 4) is 5.75 Å². The Labute approximate surface area is 174 Å². The van der Waals surface area contributed by atoms with Crippen LogP contribution >= 0.6 is 8.58 Å². The molecule has 0 saturated carbocycles. The predicted octanol–water partition coefficient (Wildman–Crippen LogP) is 3.14. The molecule has 5 rings (SSSR count). The molecule has 2 fully saturated rings. The number of fused-ring (bicyclic) bond motifs is 2. The maximum atomic E-state index is 13.1. The van der Waals surface area contributed by atoms with E-state index in [1.807, 2.05) is 24.0 Å². The predicted molar refractivity (Wildman–Crippen MR) is 118 cm³/mol. The molecular formula is C23H28N3O2P. The summed E-state index contributed by atoms with van der Waals surface area (Å²) in [6.45, 7) is 8.65. The Bertz CT molecular complexity index is 939. The molecule has 2 saturated heterocycles. The highest BCUT2D eigenvalue weighted by Gasteiger charge is 2.39. The van der Waals surface area contributed by atoms with E-state index in [1.54, 1.807) is 7.11 Å². The molecule has 1 amide bonds. The molecule has 1 aromatic rings. The van der Waals surface area contributed by atoms with E-state index in [9.17, 15) is 4.79 Å². The highest BCUT2D eigenvalue weighted by Crippen LogP contribution is 2.47. The van der Waals surface area contributed by atoms with Gasteiger partial charge in [-0.05, 0) is 65.9 Å². The summed E-state index contributed by atoms with van der Waals surface area (Å²) in [4.78, 5) is 17.5. The number of nitrogens with zero attached hydrogens (tertiary/aromatic N) is 2. The third-order valence-corrected chi connectivity index (χ3v) is 8.38. The van der Waals surface area contributed by atoms with Crippen LogP contribution in [0.1, 0.15) is 18.1 Å². The first-order chi connectivity index (χ1) is 14.0. The van der Waals surface area contributed by atoms with Crippen LogP contribution in [-0.2, 0) is 4.79 Å². The number of rotatable bonds is 3. The van der Waals surface area contributed by atoms with Gasteiger partial charge in [-0.1, -0.05) is 14.6 Å². The van der Waals surface area contributed by atoms with Gasteiger partial charge in [-0.15, -0.1) is 0 Å². The lowest BCUT2D eigenvalue weighted by molar-refractivity contribution is -0.124. The van der Waals surface area contributed by atoms with Crippen molar-refractivity contribution in [2.45, 2.75) is 19.6 Å². The third-order valence-electron chi connectivity index (χ3n) is 6.63. The zero-order valence-electron chi connectivity index (χ0n) is 17.2. The first-order valence-corrected chi connectivity index (χ1v) is 11.4. The second-order valence-electron chi connectivity index (χ2n) is 8.56. The van der Waals surface area contributed by atoms with Gasteiger partial charge in [0.25, 0.3) is 5.91 Å².